The Kier molecular flexibility index (Phi) is 13.9. The molecule has 66 valence electrons. The zero-order chi connectivity index (χ0) is 9.00. The summed E-state index contributed by atoms with van der Waals surface area (Å²) in [7, 11) is 0. The van der Waals surface area contributed by atoms with Crippen molar-refractivity contribution in [1.29, 1.82) is 0 Å². The fourth-order valence-corrected chi connectivity index (χ4v) is 0. The van der Waals surface area contributed by atoms with Gasteiger partial charge in [0.2, 0.25) is 0 Å². The Hall–Kier alpha value is 2.60. The van der Waals surface area contributed by atoms with Crippen molar-refractivity contribution in [2.45, 2.75) is 0 Å². The SMILES string of the molecule is O=[As](O)(O)O.[OH][Ti]([OH])([OH])[OH].[RbH]. The van der Waals surface area contributed by atoms with Gasteiger partial charge in [-0.25, -0.2) is 0 Å². The van der Waals surface area contributed by atoms with Gasteiger partial charge in [0.1, 0.15) is 0 Å². The minimum atomic E-state index is -5.12. The van der Waals surface area contributed by atoms with E-state index in [2.05, 4.69) is 0 Å². The van der Waals surface area contributed by atoms with Crippen molar-refractivity contribution in [3.05, 3.63) is 0 Å². The molecule has 0 saturated heterocycles. The van der Waals surface area contributed by atoms with Gasteiger partial charge in [-0.05, 0) is 0 Å². The second kappa shape index (κ2) is 7.95. The van der Waals surface area contributed by atoms with Crippen molar-refractivity contribution < 1.29 is 48.9 Å². The first kappa shape index (κ1) is 19.2. The number of rotatable bonds is 0. The summed E-state index contributed by atoms with van der Waals surface area (Å²) in [5.74, 6) is 0. The summed E-state index contributed by atoms with van der Waals surface area (Å²) in [6.07, 6.45) is 0. The Morgan fingerprint density at radius 3 is 0.909 bits per heavy atom. The fraction of sp³-hybridized carbons (Fsp3) is 0. The summed E-state index contributed by atoms with van der Waals surface area (Å²) in [6.45, 7) is 0. The molecule has 0 saturated carbocycles. The fourth-order valence-electron chi connectivity index (χ4n) is 0. The molecule has 0 aromatic rings. The van der Waals surface area contributed by atoms with E-state index < -0.39 is 32.7 Å². The molecule has 0 unspecified atom stereocenters. The van der Waals surface area contributed by atoms with Gasteiger partial charge in [-0.15, -0.1) is 0 Å². The van der Waals surface area contributed by atoms with Gasteiger partial charge >= 0.3 is 122 Å². The van der Waals surface area contributed by atoms with E-state index in [9.17, 15) is 0 Å². The first-order valence-electron chi connectivity index (χ1n) is 1.68. The van der Waals surface area contributed by atoms with Crippen molar-refractivity contribution in [2.75, 3.05) is 0 Å². The predicted octanol–water partition coefficient (Wildman–Crippen LogP) is -5.05. The van der Waals surface area contributed by atoms with E-state index >= 15 is 0 Å². The van der Waals surface area contributed by atoms with Gasteiger partial charge in [0.25, 0.3) is 0 Å². The average Bonchev–Trinajstić information content (AvgIpc) is 1.12. The first-order chi connectivity index (χ1) is 4.00. The van der Waals surface area contributed by atoms with Crippen molar-refractivity contribution >= 4 is 72.7 Å². The summed E-state index contributed by atoms with van der Waals surface area (Å²) in [6, 6.07) is 0. The zero-order valence-electron chi connectivity index (χ0n) is 4.49. The van der Waals surface area contributed by atoms with E-state index in [0.717, 1.165) is 0 Å². The average molecular weight is 344 g/mol. The predicted molar refractivity (Wildman–Crippen MR) is 29.1 cm³/mol. The Morgan fingerprint density at radius 2 is 0.909 bits per heavy atom. The second-order valence-corrected chi connectivity index (χ2v) is 5.14. The molecule has 0 aromatic heterocycles. The second-order valence-electron chi connectivity index (χ2n) is 1.11. The molecule has 7 N–H and O–H groups in total. The molecule has 0 aliphatic carbocycles. The quantitative estimate of drug-likeness (QED) is 0.215. The van der Waals surface area contributed by atoms with Crippen molar-refractivity contribution in [1.82, 2.24) is 0 Å². The van der Waals surface area contributed by atoms with Gasteiger partial charge in [0.15, 0.2) is 0 Å². The van der Waals surface area contributed by atoms with Crippen LogP contribution in [0.2, 0.25) is 0 Å². The standard InChI is InChI=1S/AsH3O4.4H2O.Rb.Ti.H/c2-1(3,4)5;;;;;;;/h(H3,2,3,4,5);4*1H2;;;/q;;;;;;+4;/p-4. The minimum absolute atomic E-state index is 0. The van der Waals surface area contributed by atoms with Crippen LogP contribution in [-0.4, -0.2) is 99.7 Å². The maximum atomic E-state index is 8.94. The third-order valence-electron chi connectivity index (χ3n) is 0. The molecule has 0 aromatic carbocycles. The van der Waals surface area contributed by atoms with Gasteiger partial charge in [0, 0.05) is 0 Å². The Morgan fingerprint density at radius 1 is 0.909 bits per heavy atom. The molecule has 0 atom stereocenters. The molecule has 0 rings (SSSR count). The van der Waals surface area contributed by atoms with Crippen LogP contribution in [0, 0.1) is 0 Å². The van der Waals surface area contributed by atoms with E-state index in [1.807, 2.05) is 0 Å². The molecule has 0 spiro atoms. The zero-order valence-corrected chi connectivity index (χ0v) is 7.92. The van der Waals surface area contributed by atoms with Gasteiger partial charge in [-0.3, -0.25) is 0 Å². The summed E-state index contributed by atoms with van der Waals surface area (Å²) in [4.78, 5) is 0. The van der Waals surface area contributed by atoms with Crippen LogP contribution in [-0.2, 0) is 21.9 Å². The van der Waals surface area contributed by atoms with Crippen LogP contribution < -0.4 is 0 Å². The van der Waals surface area contributed by atoms with Crippen LogP contribution in [0.4, 0.5) is 0 Å². The summed E-state index contributed by atoms with van der Waals surface area (Å²) >= 11 is -10.1. The van der Waals surface area contributed by atoms with E-state index in [1.54, 1.807) is 0 Å². The molecule has 0 heterocycles. The van der Waals surface area contributed by atoms with Crippen molar-refractivity contribution in [3.63, 3.8) is 0 Å². The van der Waals surface area contributed by atoms with E-state index in [4.69, 9.17) is 30.8 Å². The van der Waals surface area contributed by atoms with Crippen LogP contribution in [0.5, 0.6) is 0 Å². The van der Waals surface area contributed by atoms with E-state index in [1.165, 1.54) is 0 Å². The topological polar surface area (TPSA) is 159 Å². The summed E-state index contributed by atoms with van der Waals surface area (Å²) in [5.41, 5.74) is 0. The normalized spacial score (nSPS) is 10.8. The molecule has 0 amide bonds. The van der Waals surface area contributed by atoms with Crippen LogP contribution in [0.1, 0.15) is 0 Å². The van der Waals surface area contributed by atoms with Crippen LogP contribution in [0.3, 0.4) is 0 Å². The molecule has 0 aliphatic rings. The molecule has 0 fully saturated rings. The molecule has 0 bridgehead atoms. The monoisotopic (exact) mass is 344 g/mol. The molecule has 0 radical (unpaired) electrons. The molecule has 8 nitrogen and oxygen atoms in total. The number of hydrogen-bond donors (Lipinski definition) is 7. The molecular weight excluding hydrogens is 336 g/mol. The van der Waals surface area contributed by atoms with Crippen LogP contribution in [0.25, 0.3) is 0 Å². The van der Waals surface area contributed by atoms with Crippen molar-refractivity contribution in [3.8, 4) is 0 Å². The van der Waals surface area contributed by atoms with E-state index in [-0.39, 0.29) is 58.2 Å². The van der Waals surface area contributed by atoms with Gasteiger partial charge in [-0.1, -0.05) is 0 Å². The number of hydrogen-bond acceptors (Lipinski definition) is 5. The molecule has 11 heteroatoms. The van der Waals surface area contributed by atoms with Crippen LogP contribution in [0.15, 0.2) is 0 Å². The van der Waals surface area contributed by atoms with Gasteiger partial charge in [0.05, 0.1) is 0 Å². The summed E-state index contributed by atoms with van der Waals surface area (Å²) in [5, 5.41) is 0. The molecule has 0 aliphatic heterocycles. The molecular formula is H8AsO8RbTi. The van der Waals surface area contributed by atoms with E-state index in [0.29, 0.717) is 0 Å². The Balaban J connectivity index is -0.000000107. The van der Waals surface area contributed by atoms with Crippen molar-refractivity contribution in [2.24, 2.45) is 0 Å². The Bertz CT molecular complexity index is 106. The molecule has 11 heavy (non-hydrogen) atoms. The first-order valence-corrected chi connectivity index (χ1v) is 7.75. The Labute approximate surface area is 119 Å². The van der Waals surface area contributed by atoms with Gasteiger partial charge in [-0.2, -0.15) is 0 Å². The van der Waals surface area contributed by atoms with Gasteiger partial charge < -0.3 is 0 Å². The van der Waals surface area contributed by atoms with Crippen LogP contribution >= 0.6 is 0 Å². The maximum absolute atomic E-state index is 8.94. The summed E-state index contributed by atoms with van der Waals surface area (Å²) < 4.78 is 60.2. The third kappa shape index (κ3) is 210. The third-order valence-corrected chi connectivity index (χ3v) is 0.